The third kappa shape index (κ3) is 4.11. The molecule has 1 saturated heterocycles. The van der Waals surface area contributed by atoms with E-state index in [1.807, 2.05) is 28.9 Å². The number of hydrogen-bond acceptors (Lipinski definition) is 7. The SMILES string of the molecule is Cc1cc(N2C[C@H]3CC[C@@H](C2)[C@@H]3Nc2nc(Oc3ccccc3Cl)n(C(C)C)n2)sn1. The van der Waals surface area contributed by atoms with Crippen LogP contribution in [0, 0.1) is 18.8 Å². The molecule has 31 heavy (non-hydrogen) atoms. The van der Waals surface area contributed by atoms with Crippen molar-refractivity contribution in [3.8, 4) is 11.8 Å². The minimum absolute atomic E-state index is 0.119. The van der Waals surface area contributed by atoms with Crippen LogP contribution in [-0.2, 0) is 0 Å². The molecule has 2 aliphatic rings. The Kier molecular flexibility index (Phi) is 5.52. The van der Waals surface area contributed by atoms with Crippen LogP contribution in [0.15, 0.2) is 30.3 Å². The molecule has 1 aliphatic carbocycles. The number of anilines is 2. The van der Waals surface area contributed by atoms with Gasteiger partial charge >= 0.3 is 6.01 Å². The lowest BCUT2D eigenvalue weighted by Gasteiger charge is -2.38. The van der Waals surface area contributed by atoms with E-state index in [0.29, 0.717) is 40.6 Å². The van der Waals surface area contributed by atoms with Gasteiger partial charge in [-0.25, -0.2) is 4.68 Å². The van der Waals surface area contributed by atoms with E-state index in [1.165, 1.54) is 17.8 Å². The van der Waals surface area contributed by atoms with E-state index in [0.717, 1.165) is 18.8 Å². The first-order valence-electron chi connectivity index (χ1n) is 10.8. The van der Waals surface area contributed by atoms with Gasteiger partial charge in [0.2, 0.25) is 5.95 Å². The maximum Gasteiger partial charge on any atom is 0.322 e. The predicted molar refractivity (Wildman–Crippen MR) is 125 cm³/mol. The number of nitrogens with one attached hydrogen (secondary N) is 1. The Hall–Kier alpha value is -2.32. The monoisotopic (exact) mass is 458 g/mol. The number of benzene rings is 1. The van der Waals surface area contributed by atoms with Crippen LogP contribution in [0.4, 0.5) is 10.9 Å². The normalized spacial score (nSPS) is 22.9. The van der Waals surface area contributed by atoms with E-state index in [-0.39, 0.29) is 6.04 Å². The molecule has 1 aliphatic heterocycles. The molecule has 2 aromatic heterocycles. The van der Waals surface area contributed by atoms with Gasteiger partial charge in [0, 0.05) is 19.1 Å². The fraction of sp³-hybridized carbons (Fsp3) is 0.500. The van der Waals surface area contributed by atoms with Gasteiger partial charge in [-0.1, -0.05) is 23.7 Å². The minimum atomic E-state index is 0.119. The Bertz CT molecular complexity index is 1050. The second-order valence-corrected chi connectivity index (χ2v) is 9.96. The second kappa shape index (κ2) is 8.31. The van der Waals surface area contributed by atoms with Crippen molar-refractivity contribution in [1.29, 1.82) is 0 Å². The van der Waals surface area contributed by atoms with Crippen molar-refractivity contribution in [3.63, 3.8) is 0 Å². The summed E-state index contributed by atoms with van der Waals surface area (Å²) >= 11 is 7.88. The summed E-state index contributed by atoms with van der Waals surface area (Å²) in [6.45, 7) is 8.28. The lowest BCUT2D eigenvalue weighted by molar-refractivity contribution is 0.375. The van der Waals surface area contributed by atoms with Gasteiger partial charge in [-0.05, 0) is 75.2 Å². The first kappa shape index (κ1) is 20.6. The van der Waals surface area contributed by atoms with Gasteiger partial charge in [-0.15, -0.1) is 5.10 Å². The highest BCUT2D eigenvalue weighted by molar-refractivity contribution is 7.10. The first-order chi connectivity index (χ1) is 15.0. The van der Waals surface area contributed by atoms with Crippen molar-refractivity contribution in [3.05, 3.63) is 41.0 Å². The average Bonchev–Trinajstić information content (AvgIpc) is 3.40. The number of fused-ring (bicyclic) bond motifs is 2. The zero-order valence-corrected chi connectivity index (χ0v) is 19.5. The second-order valence-electron chi connectivity index (χ2n) is 8.77. The Morgan fingerprint density at radius 2 is 1.94 bits per heavy atom. The number of piperidine rings is 1. The molecule has 1 aromatic carbocycles. The first-order valence-corrected chi connectivity index (χ1v) is 12.0. The van der Waals surface area contributed by atoms with Gasteiger partial charge in [0.25, 0.3) is 0 Å². The third-order valence-corrected chi connectivity index (χ3v) is 7.44. The van der Waals surface area contributed by atoms with Crippen molar-refractivity contribution in [1.82, 2.24) is 19.1 Å². The fourth-order valence-electron chi connectivity index (χ4n) is 4.69. The molecular formula is C22H27ClN6OS. The summed E-state index contributed by atoms with van der Waals surface area (Å²) < 4.78 is 12.3. The maximum absolute atomic E-state index is 6.27. The van der Waals surface area contributed by atoms with Gasteiger partial charge < -0.3 is 15.0 Å². The van der Waals surface area contributed by atoms with Crippen LogP contribution in [-0.4, -0.2) is 38.3 Å². The summed E-state index contributed by atoms with van der Waals surface area (Å²) in [6.07, 6.45) is 2.45. The van der Waals surface area contributed by atoms with Gasteiger partial charge in [-0.2, -0.15) is 9.36 Å². The Balaban J connectivity index is 1.33. The highest BCUT2D eigenvalue weighted by atomic mass is 35.5. The van der Waals surface area contributed by atoms with Crippen LogP contribution in [0.1, 0.15) is 38.4 Å². The van der Waals surface area contributed by atoms with Crippen LogP contribution in [0.3, 0.4) is 0 Å². The number of aromatic nitrogens is 4. The van der Waals surface area contributed by atoms with E-state index in [4.69, 9.17) is 21.4 Å². The summed E-state index contributed by atoms with van der Waals surface area (Å²) in [7, 11) is 0. The molecule has 1 N–H and O–H groups in total. The number of nitrogens with zero attached hydrogens (tertiary/aromatic N) is 5. The molecule has 0 spiro atoms. The molecule has 0 unspecified atom stereocenters. The van der Waals surface area contributed by atoms with E-state index >= 15 is 0 Å². The van der Waals surface area contributed by atoms with Gasteiger partial charge in [-0.3, -0.25) is 0 Å². The fourth-order valence-corrected chi connectivity index (χ4v) is 5.64. The topological polar surface area (TPSA) is 68.1 Å². The van der Waals surface area contributed by atoms with Crippen LogP contribution < -0.4 is 15.0 Å². The van der Waals surface area contributed by atoms with Crippen LogP contribution in [0.25, 0.3) is 0 Å². The zero-order chi connectivity index (χ0) is 21.5. The predicted octanol–water partition coefficient (Wildman–Crippen LogP) is 5.40. The number of para-hydroxylation sites is 1. The summed E-state index contributed by atoms with van der Waals surface area (Å²) in [6, 6.07) is 10.6. The Labute approximate surface area is 191 Å². The molecule has 3 atom stereocenters. The van der Waals surface area contributed by atoms with Crippen molar-refractivity contribution >= 4 is 34.1 Å². The van der Waals surface area contributed by atoms with Gasteiger partial charge in [0.05, 0.1) is 16.8 Å². The minimum Gasteiger partial charge on any atom is -0.423 e. The summed E-state index contributed by atoms with van der Waals surface area (Å²) in [5.74, 6) is 2.35. The van der Waals surface area contributed by atoms with Crippen LogP contribution in [0.2, 0.25) is 5.02 Å². The number of aryl methyl sites for hydroxylation is 1. The Morgan fingerprint density at radius 1 is 1.19 bits per heavy atom. The molecule has 2 fully saturated rings. The zero-order valence-electron chi connectivity index (χ0n) is 18.0. The van der Waals surface area contributed by atoms with E-state index < -0.39 is 0 Å². The maximum atomic E-state index is 6.27. The molecule has 5 rings (SSSR count). The van der Waals surface area contributed by atoms with Gasteiger partial charge in [0.1, 0.15) is 10.8 Å². The molecule has 3 aromatic rings. The molecule has 0 amide bonds. The van der Waals surface area contributed by atoms with Crippen molar-refractivity contribution < 1.29 is 4.74 Å². The third-order valence-electron chi connectivity index (χ3n) is 6.18. The lowest BCUT2D eigenvalue weighted by Crippen LogP contribution is -2.48. The molecular weight excluding hydrogens is 432 g/mol. The van der Waals surface area contributed by atoms with E-state index in [9.17, 15) is 0 Å². The molecule has 9 heteroatoms. The Morgan fingerprint density at radius 3 is 2.58 bits per heavy atom. The molecule has 2 bridgehead atoms. The molecule has 3 heterocycles. The smallest absolute Gasteiger partial charge is 0.322 e. The molecule has 1 saturated carbocycles. The van der Waals surface area contributed by atoms with Crippen LogP contribution >= 0.6 is 23.1 Å². The quantitative estimate of drug-likeness (QED) is 0.533. The van der Waals surface area contributed by atoms with Crippen molar-refractivity contribution in [2.75, 3.05) is 23.3 Å². The molecule has 7 nitrogen and oxygen atoms in total. The number of halogens is 1. The molecule has 164 valence electrons. The summed E-state index contributed by atoms with van der Waals surface area (Å²) in [4.78, 5) is 7.17. The largest absolute Gasteiger partial charge is 0.423 e. The molecule has 0 radical (unpaired) electrons. The van der Waals surface area contributed by atoms with Crippen LogP contribution in [0.5, 0.6) is 11.8 Å². The van der Waals surface area contributed by atoms with Crippen molar-refractivity contribution in [2.24, 2.45) is 11.8 Å². The van der Waals surface area contributed by atoms with Crippen molar-refractivity contribution in [2.45, 2.75) is 45.7 Å². The summed E-state index contributed by atoms with van der Waals surface area (Å²) in [5.41, 5.74) is 1.10. The average molecular weight is 459 g/mol. The number of hydrogen-bond donors (Lipinski definition) is 1. The summed E-state index contributed by atoms with van der Waals surface area (Å²) in [5, 5.41) is 10.2. The standard InChI is InChI=1S/C22H27ClN6OS/c1-13(2)29-22(30-18-7-5-4-6-17(18)23)25-21(26-29)24-20-15-8-9-16(20)12-28(11-15)19-10-14(3)27-31-19/h4-7,10,13,15-16,20H,8-9,11-12H2,1-3H3,(H,24,26)/t15-,16+,20-. The number of ether oxygens (including phenoxy) is 1. The van der Waals surface area contributed by atoms with E-state index in [2.05, 4.69) is 46.4 Å². The lowest BCUT2D eigenvalue weighted by atomic mass is 9.92. The van der Waals surface area contributed by atoms with E-state index in [1.54, 1.807) is 11.5 Å². The highest BCUT2D eigenvalue weighted by Gasteiger charge is 2.43. The number of rotatable bonds is 6. The highest BCUT2D eigenvalue weighted by Crippen LogP contribution is 2.41. The van der Waals surface area contributed by atoms with Gasteiger partial charge in [0.15, 0.2) is 0 Å².